The lowest BCUT2D eigenvalue weighted by Gasteiger charge is -2.59. The molecular formula is C13H18FN3O. The van der Waals surface area contributed by atoms with Crippen LogP contribution in [0.3, 0.4) is 0 Å². The van der Waals surface area contributed by atoms with Crippen molar-refractivity contribution in [2.45, 2.75) is 49.7 Å². The maximum Gasteiger partial charge on any atom is 0.248 e. The number of carbonyl (C=O) groups is 1. The fourth-order valence-electron chi connectivity index (χ4n) is 4.98. The van der Waals surface area contributed by atoms with Crippen LogP contribution in [0.5, 0.6) is 0 Å². The van der Waals surface area contributed by atoms with Gasteiger partial charge in [0.1, 0.15) is 12.2 Å². The van der Waals surface area contributed by atoms with Crippen molar-refractivity contribution in [2.24, 2.45) is 16.8 Å². The molecule has 5 rings (SSSR count). The Kier molecular flexibility index (Phi) is 1.94. The van der Waals surface area contributed by atoms with Gasteiger partial charge in [-0.3, -0.25) is 10.1 Å². The molecule has 0 saturated heterocycles. The maximum absolute atomic E-state index is 14.7. The molecule has 0 radical (unpaired) electrons. The fourth-order valence-corrected chi connectivity index (χ4v) is 4.98. The number of guanidine groups is 1. The van der Waals surface area contributed by atoms with Crippen LogP contribution < -0.4 is 10.6 Å². The summed E-state index contributed by atoms with van der Waals surface area (Å²) in [5.74, 6) is 1.52. The Morgan fingerprint density at radius 3 is 2.56 bits per heavy atom. The highest BCUT2D eigenvalue weighted by Crippen LogP contribution is 2.58. The molecule has 5 heteroatoms. The Morgan fingerprint density at radius 2 is 2.00 bits per heavy atom. The van der Waals surface area contributed by atoms with Crippen molar-refractivity contribution < 1.29 is 9.18 Å². The molecule has 1 amide bonds. The van der Waals surface area contributed by atoms with E-state index in [9.17, 15) is 9.18 Å². The van der Waals surface area contributed by atoms with Crippen molar-refractivity contribution in [1.82, 2.24) is 10.6 Å². The predicted molar refractivity (Wildman–Crippen MR) is 64.8 cm³/mol. The summed E-state index contributed by atoms with van der Waals surface area (Å²) in [6.45, 7) is 0.200. The van der Waals surface area contributed by atoms with Gasteiger partial charge in [0, 0.05) is 12.0 Å². The fraction of sp³-hybridized carbons (Fsp3) is 0.846. The summed E-state index contributed by atoms with van der Waals surface area (Å²) in [6, 6.07) is 0. The van der Waals surface area contributed by atoms with Crippen LogP contribution >= 0.6 is 0 Å². The average Bonchev–Trinajstić information content (AvgIpc) is 2.58. The van der Waals surface area contributed by atoms with E-state index in [4.69, 9.17) is 0 Å². The van der Waals surface area contributed by atoms with Gasteiger partial charge in [-0.05, 0) is 43.9 Å². The second-order valence-corrected chi connectivity index (χ2v) is 6.73. The molecule has 2 N–H and O–H groups in total. The van der Waals surface area contributed by atoms with E-state index in [1.54, 1.807) is 0 Å². The molecule has 2 atom stereocenters. The number of nitrogens with zero attached hydrogens (tertiary/aromatic N) is 1. The van der Waals surface area contributed by atoms with Crippen LogP contribution in [0.1, 0.15) is 38.5 Å². The molecule has 4 fully saturated rings. The van der Waals surface area contributed by atoms with Crippen LogP contribution in [0.25, 0.3) is 0 Å². The number of halogens is 1. The standard InChI is InChI=1S/C13H18FN3O/c14-12-2-8-1-9(3-12)5-13(4-8,7-12)17-11-15-6-10(18)16-11/h8-9H,1-7H2,(H2,15,16,17,18). The Labute approximate surface area is 105 Å². The largest absolute Gasteiger partial charge is 0.350 e. The van der Waals surface area contributed by atoms with Crippen LogP contribution in [0, 0.1) is 11.8 Å². The third kappa shape index (κ3) is 1.56. The van der Waals surface area contributed by atoms with E-state index in [1.807, 2.05) is 0 Å². The molecule has 0 aromatic rings. The van der Waals surface area contributed by atoms with Gasteiger partial charge in [0.25, 0.3) is 0 Å². The van der Waals surface area contributed by atoms with Crippen molar-refractivity contribution >= 4 is 11.9 Å². The Bertz CT molecular complexity index is 434. The molecule has 4 nitrogen and oxygen atoms in total. The molecule has 98 valence electrons. The Balaban J connectivity index is 1.58. The van der Waals surface area contributed by atoms with Gasteiger partial charge in [-0.2, -0.15) is 0 Å². The summed E-state index contributed by atoms with van der Waals surface area (Å²) >= 11 is 0. The zero-order valence-corrected chi connectivity index (χ0v) is 10.3. The topological polar surface area (TPSA) is 53.5 Å². The highest BCUT2D eigenvalue weighted by molar-refractivity contribution is 6.03. The minimum Gasteiger partial charge on any atom is -0.350 e. The van der Waals surface area contributed by atoms with Gasteiger partial charge in [0.15, 0.2) is 5.96 Å². The highest BCUT2D eigenvalue weighted by Gasteiger charge is 2.58. The second kappa shape index (κ2) is 3.25. The minimum atomic E-state index is -0.972. The van der Waals surface area contributed by atoms with Crippen molar-refractivity contribution in [2.75, 3.05) is 6.54 Å². The summed E-state index contributed by atoms with van der Waals surface area (Å²) in [5.41, 5.74) is -1.13. The summed E-state index contributed by atoms with van der Waals surface area (Å²) in [6.07, 6.45) is 5.32. The van der Waals surface area contributed by atoms with E-state index in [2.05, 4.69) is 15.6 Å². The number of hydrogen-bond acceptors (Lipinski definition) is 3. The first kappa shape index (κ1) is 10.8. The molecular weight excluding hydrogens is 233 g/mol. The Hall–Kier alpha value is -1.13. The molecule has 5 aliphatic rings. The zero-order valence-electron chi connectivity index (χ0n) is 10.3. The number of rotatable bonds is 1. The van der Waals surface area contributed by atoms with Gasteiger partial charge in [0.05, 0.1) is 0 Å². The first-order valence-corrected chi connectivity index (χ1v) is 6.86. The maximum atomic E-state index is 14.7. The summed E-state index contributed by atoms with van der Waals surface area (Å²) in [7, 11) is 0. The number of alkyl halides is 1. The lowest BCUT2D eigenvalue weighted by atomic mass is 9.52. The summed E-state index contributed by atoms with van der Waals surface area (Å²) < 4.78 is 14.7. The summed E-state index contributed by atoms with van der Waals surface area (Å²) in [5, 5.41) is 6.08. The van der Waals surface area contributed by atoms with Crippen molar-refractivity contribution in [3.8, 4) is 0 Å². The molecule has 2 unspecified atom stereocenters. The number of aliphatic imine (C=N–C) groups is 1. The number of amides is 1. The van der Waals surface area contributed by atoms with Crippen molar-refractivity contribution in [3.05, 3.63) is 0 Å². The molecule has 4 bridgehead atoms. The molecule has 0 spiro atoms. The first-order chi connectivity index (χ1) is 8.54. The molecule has 1 aliphatic heterocycles. The van der Waals surface area contributed by atoms with Gasteiger partial charge in [-0.15, -0.1) is 0 Å². The average molecular weight is 251 g/mol. The van der Waals surface area contributed by atoms with Crippen molar-refractivity contribution in [1.29, 1.82) is 0 Å². The van der Waals surface area contributed by atoms with Gasteiger partial charge in [0.2, 0.25) is 5.91 Å². The summed E-state index contributed by atoms with van der Waals surface area (Å²) in [4.78, 5) is 15.3. The van der Waals surface area contributed by atoms with E-state index in [0.717, 1.165) is 25.7 Å². The van der Waals surface area contributed by atoms with E-state index < -0.39 is 5.67 Å². The molecule has 4 aliphatic carbocycles. The van der Waals surface area contributed by atoms with Crippen LogP contribution in [-0.2, 0) is 4.79 Å². The van der Waals surface area contributed by atoms with E-state index in [-0.39, 0.29) is 18.0 Å². The van der Waals surface area contributed by atoms with Crippen molar-refractivity contribution in [3.63, 3.8) is 0 Å². The number of carbonyl (C=O) groups excluding carboxylic acids is 1. The van der Waals surface area contributed by atoms with E-state index in [0.29, 0.717) is 24.2 Å². The van der Waals surface area contributed by atoms with Gasteiger partial charge in [-0.1, -0.05) is 0 Å². The second-order valence-electron chi connectivity index (χ2n) is 6.73. The normalized spacial score (nSPS) is 49.2. The van der Waals surface area contributed by atoms with E-state index >= 15 is 0 Å². The predicted octanol–water partition coefficient (Wildman–Crippen LogP) is 1.12. The van der Waals surface area contributed by atoms with Crippen LogP contribution in [0.2, 0.25) is 0 Å². The third-order valence-corrected chi connectivity index (χ3v) is 5.01. The van der Waals surface area contributed by atoms with Crippen LogP contribution in [0.15, 0.2) is 4.99 Å². The minimum absolute atomic E-state index is 0.0720. The quantitative estimate of drug-likeness (QED) is 0.734. The Morgan fingerprint density at radius 1 is 1.28 bits per heavy atom. The van der Waals surface area contributed by atoms with Crippen LogP contribution in [0.4, 0.5) is 4.39 Å². The zero-order chi connectivity index (χ0) is 12.4. The highest BCUT2D eigenvalue weighted by atomic mass is 19.1. The molecule has 0 aromatic carbocycles. The number of hydrogen-bond donors (Lipinski definition) is 2. The molecule has 4 saturated carbocycles. The molecule has 1 heterocycles. The third-order valence-electron chi connectivity index (χ3n) is 5.01. The van der Waals surface area contributed by atoms with Gasteiger partial charge >= 0.3 is 0 Å². The lowest BCUT2D eigenvalue weighted by molar-refractivity contribution is -0.117. The van der Waals surface area contributed by atoms with Gasteiger partial charge < -0.3 is 5.32 Å². The SMILES string of the molecule is O=C1CN=C(NC23CC4CC(CC(F)(C4)C2)C3)N1. The molecule has 0 aromatic heterocycles. The van der Waals surface area contributed by atoms with Gasteiger partial charge in [-0.25, -0.2) is 9.38 Å². The van der Waals surface area contributed by atoms with Crippen LogP contribution in [-0.4, -0.2) is 29.6 Å². The molecule has 18 heavy (non-hydrogen) atoms. The monoisotopic (exact) mass is 251 g/mol. The lowest BCUT2D eigenvalue weighted by Crippen LogP contribution is -2.65. The first-order valence-electron chi connectivity index (χ1n) is 6.86. The smallest absolute Gasteiger partial charge is 0.248 e. The number of nitrogens with one attached hydrogen (secondary N) is 2. The van der Waals surface area contributed by atoms with E-state index in [1.165, 1.54) is 6.42 Å².